The van der Waals surface area contributed by atoms with Crippen LogP contribution in [0.2, 0.25) is 5.02 Å². The number of aryl methyl sites for hydroxylation is 1. The van der Waals surface area contributed by atoms with Crippen molar-refractivity contribution in [1.82, 2.24) is 15.1 Å². The van der Waals surface area contributed by atoms with E-state index in [-0.39, 0.29) is 11.9 Å². The number of carbonyl (C=O) groups excluding carboxylic acids is 1. The first-order valence-corrected chi connectivity index (χ1v) is 7.33. The zero-order chi connectivity index (χ0) is 15.0. The number of nitrogens with zero attached hydrogens (tertiary/aromatic N) is 2. The minimum absolute atomic E-state index is 0.0115. The van der Waals surface area contributed by atoms with E-state index in [9.17, 15) is 4.79 Å². The Kier molecular flexibility index (Phi) is 3.59. The number of likely N-dealkylation sites (tertiary alicyclic amines) is 1. The fraction of sp³-hybridized carbons (Fsp3) is 0.333. The second-order valence-corrected chi connectivity index (χ2v) is 5.70. The monoisotopic (exact) mass is 304 g/mol. The van der Waals surface area contributed by atoms with Crippen molar-refractivity contribution in [1.29, 1.82) is 0 Å². The quantitative estimate of drug-likeness (QED) is 0.895. The van der Waals surface area contributed by atoms with E-state index in [0.717, 1.165) is 18.4 Å². The molecule has 1 aromatic carbocycles. The summed E-state index contributed by atoms with van der Waals surface area (Å²) in [6.45, 7) is 2.49. The van der Waals surface area contributed by atoms with E-state index in [1.54, 1.807) is 6.92 Å². The highest BCUT2D eigenvalue weighted by molar-refractivity contribution is 6.31. The van der Waals surface area contributed by atoms with Crippen LogP contribution in [0.15, 0.2) is 24.3 Å². The normalized spacial score (nSPS) is 18.2. The summed E-state index contributed by atoms with van der Waals surface area (Å²) in [4.78, 5) is 14.5. The van der Waals surface area contributed by atoms with Gasteiger partial charge in [0.05, 0.1) is 17.4 Å². The van der Waals surface area contributed by atoms with Crippen LogP contribution in [-0.2, 0) is 0 Å². The highest BCUT2D eigenvalue weighted by Gasteiger charge is 2.33. The molecule has 1 aliphatic heterocycles. The van der Waals surface area contributed by atoms with Crippen molar-refractivity contribution in [3.8, 4) is 0 Å². The minimum atomic E-state index is -0.140. The molecular weight excluding hydrogens is 288 g/mol. The van der Waals surface area contributed by atoms with Gasteiger partial charge in [0.25, 0.3) is 5.91 Å². The molecule has 5 nitrogen and oxygen atoms in total. The summed E-state index contributed by atoms with van der Waals surface area (Å²) < 4.78 is 0. The summed E-state index contributed by atoms with van der Waals surface area (Å²) in [6, 6.07) is 7.64. The van der Waals surface area contributed by atoms with Gasteiger partial charge in [-0.1, -0.05) is 29.8 Å². The first kappa shape index (κ1) is 13.9. The van der Waals surface area contributed by atoms with Gasteiger partial charge in [0.1, 0.15) is 0 Å². The SMILES string of the molecule is Cc1[nH]nc(C(=O)N2CCCC2c2ccccc2Cl)c1N. The van der Waals surface area contributed by atoms with Gasteiger partial charge in [-0.15, -0.1) is 0 Å². The molecule has 3 rings (SSSR count). The molecule has 1 atom stereocenters. The number of anilines is 1. The van der Waals surface area contributed by atoms with Gasteiger partial charge >= 0.3 is 0 Å². The van der Waals surface area contributed by atoms with E-state index in [1.165, 1.54) is 0 Å². The van der Waals surface area contributed by atoms with Crippen molar-refractivity contribution in [2.45, 2.75) is 25.8 Å². The number of benzene rings is 1. The Balaban J connectivity index is 1.93. The van der Waals surface area contributed by atoms with Gasteiger partial charge in [0.2, 0.25) is 0 Å². The molecule has 0 saturated carbocycles. The predicted octanol–water partition coefficient (Wildman–Crippen LogP) is 2.93. The van der Waals surface area contributed by atoms with Crippen molar-refractivity contribution in [3.63, 3.8) is 0 Å². The molecule has 1 aliphatic rings. The van der Waals surface area contributed by atoms with Crippen LogP contribution in [-0.4, -0.2) is 27.5 Å². The van der Waals surface area contributed by atoms with Crippen LogP contribution in [0, 0.1) is 6.92 Å². The number of rotatable bonds is 2. The summed E-state index contributed by atoms with van der Waals surface area (Å²) in [7, 11) is 0. The van der Waals surface area contributed by atoms with Crippen LogP contribution < -0.4 is 5.73 Å². The van der Waals surface area contributed by atoms with Gasteiger partial charge in [0.15, 0.2) is 5.69 Å². The maximum Gasteiger partial charge on any atom is 0.277 e. The summed E-state index contributed by atoms with van der Waals surface area (Å²) in [6.07, 6.45) is 1.85. The third-order valence-electron chi connectivity index (χ3n) is 3.97. The molecule has 1 aromatic heterocycles. The Labute approximate surface area is 128 Å². The third kappa shape index (κ3) is 2.38. The zero-order valence-corrected chi connectivity index (χ0v) is 12.5. The largest absolute Gasteiger partial charge is 0.395 e. The second-order valence-electron chi connectivity index (χ2n) is 5.29. The number of nitrogens with one attached hydrogen (secondary N) is 1. The van der Waals surface area contributed by atoms with Gasteiger partial charge in [-0.3, -0.25) is 9.89 Å². The summed E-state index contributed by atoms with van der Waals surface area (Å²) in [5.74, 6) is -0.140. The second kappa shape index (κ2) is 5.41. The molecule has 2 aromatic rings. The van der Waals surface area contributed by atoms with E-state index < -0.39 is 0 Å². The van der Waals surface area contributed by atoms with E-state index in [2.05, 4.69) is 10.2 Å². The fourth-order valence-corrected chi connectivity index (χ4v) is 3.08. The average Bonchev–Trinajstić information content (AvgIpc) is 3.07. The van der Waals surface area contributed by atoms with E-state index in [4.69, 9.17) is 17.3 Å². The van der Waals surface area contributed by atoms with Crippen LogP contribution in [0.4, 0.5) is 5.69 Å². The molecule has 21 heavy (non-hydrogen) atoms. The van der Waals surface area contributed by atoms with Crippen molar-refractivity contribution < 1.29 is 4.79 Å². The number of nitrogen functional groups attached to an aromatic ring is 1. The molecule has 0 bridgehead atoms. The lowest BCUT2D eigenvalue weighted by molar-refractivity contribution is 0.0731. The smallest absolute Gasteiger partial charge is 0.277 e. The van der Waals surface area contributed by atoms with Crippen molar-refractivity contribution in [2.75, 3.05) is 12.3 Å². The molecule has 0 spiro atoms. The number of halogens is 1. The lowest BCUT2D eigenvalue weighted by atomic mass is 10.0. The molecule has 0 aliphatic carbocycles. The highest BCUT2D eigenvalue weighted by Crippen LogP contribution is 2.36. The molecular formula is C15H17ClN4O. The minimum Gasteiger partial charge on any atom is -0.395 e. The number of aromatic nitrogens is 2. The van der Waals surface area contributed by atoms with E-state index in [0.29, 0.717) is 28.6 Å². The number of carbonyl (C=O) groups is 1. The number of hydrogen-bond donors (Lipinski definition) is 2. The van der Waals surface area contributed by atoms with Crippen molar-refractivity contribution >= 4 is 23.2 Å². The third-order valence-corrected chi connectivity index (χ3v) is 4.32. The van der Waals surface area contributed by atoms with Gasteiger partial charge in [-0.25, -0.2) is 0 Å². The van der Waals surface area contributed by atoms with Gasteiger partial charge in [-0.2, -0.15) is 5.10 Å². The van der Waals surface area contributed by atoms with E-state index in [1.807, 2.05) is 29.2 Å². The Morgan fingerprint density at radius 3 is 2.90 bits per heavy atom. The maximum absolute atomic E-state index is 12.7. The molecule has 0 radical (unpaired) electrons. The Bertz CT molecular complexity index is 682. The Hall–Kier alpha value is -2.01. The zero-order valence-electron chi connectivity index (χ0n) is 11.8. The van der Waals surface area contributed by atoms with Gasteiger partial charge in [-0.05, 0) is 31.4 Å². The lowest BCUT2D eigenvalue weighted by Crippen LogP contribution is -2.31. The number of amides is 1. The molecule has 1 saturated heterocycles. The van der Waals surface area contributed by atoms with Crippen LogP contribution in [0.1, 0.15) is 40.6 Å². The molecule has 1 fully saturated rings. The maximum atomic E-state index is 12.7. The molecule has 1 unspecified atom stereocenters. The lowest BCUT2D eigenvalue weighted by Gasteiger charge is -2.25. The standard InChI is InChI=1S/C15H17ClN4O/c1-9-13(17)14(19-18-9)15(21)20-8-4-7-12(20)10-5-2-3-6-11(10)16/h2-3,5-6,12H,4,7-8,17H2,1H3,(H,18,19). The highest BCUT2D eigenvalue weighted by atomic mass is 35.5. The summed E-state index contributed by atoms with van der Waals surface area (Å²) in [5.41, 5.74) is 8.33. The first-order chi connectivity index (χ1) is 10.1. The fourth-order valence-electron chi connectivity index (χ4n) is 2.82. The number of H-pyrrole nitrogens is 1. The van der Waals surface area contributed by atoms with Crippen molar-refractivity contribution in [3.05, 3.63) is 46.2 Å². The molecule has 110 valence electrons. The Morgan fingerprint density at radius 2 is 2.24 bits per heavy atom. The first-order valence-electron chi connectivity index (χ1n) is 6.95. The van der Waals surface area contributed by atoms with Crippen molar-refractivity contribution in [2.24, 2.45) is 0 Å². The predicted molar refractivity (Wildman–Crippen MR) is 82.2 cm³/mol. The molecule has 6 heteroatoms. The number of hydrogen-bond acceptors (Lipinski definition) is 3. The van der Waals surface area contributed by atoms with Crippen LogP contribution in [0.3, 0.4) is 0 Å². The van der Waals surface area contributed by atoms with Gasteiger partial charge in [0, 0.05) is 11.6 Å². The number of aromatic amines is 1. The molecule has 2 heterocycles. The molecule has 3 N–H and O–H groups in total. The van der Waals surface area contributed by atoms with Crippen LogP contribution in [0.25, 0.3) is 0 Å². The van der Waals surface area contributed by atoms with E-state index >= 15 is 0 Å². The Morgan fingerprint density at radius 1 is 1.48 bits per heavy atom. The van der Waals surface area contributed by atoms with Gasteiger partial charge < -0.3 is 10.6 Å². The molecule has 1 amide bonds. The topological polar surface area (TPSA) is 75.0 Å². The van der Waals surface area contributed by atoms with Crippen LogP contribution >= 0.6 is 11.6 Å². The van der Waals surface area contributed by atoms with Crippen LogP contribution in [0.5, 0.6) is 0 Å². The number of nitrogens with two attached hydrogens (primary N) is 1. The summed E-state index contributed by atoms with van der Waals surface area (Å²) in [5, 5.41) is 7.48. The summed E-state index contributed by atoms with van der Waals surface area (Å²) >= 11 is 6.27. The average molecular weight is 305 g/mol.